The molecule has 1 aliphatic heterocycles. The van der Waals surface area contributed by atoms with E-state index in [0.29, 0.717) is 25.3 Å². The van der Waals surface area contributed by atoms with Crippen molar-refractivity contribution in [1.29, 1.82) is 0 Å². The normalized spacial score (nSPS) is 16.1. The summed E-state index contributed by atoms with van der Waals surface area (Å²) < 4.78 is 1.84. The Balaban J connectivity index is 1.55. The zero-order valence-corrected chi connectivity index (χ0v) is 14.8. The van der Waals surface area contributed by atoms with Gasteiger partial charge in [-0.05, 0) is 29.3 Å². The standard InChI is InChI=1S/C21H20N4O2/c26-20(23-13-16-6-2-1-3-7-16)19-15-24-11-5-9-18(24)21(27)25(19)14-17-8-4-10-22-12-17/h1-12,19H,13-15H2,(H,23,26). The van der Waals surface area contributed by atoms with Gasteiger partial charge in [-0.25, -0.2) is 0 Å². The lowest BCUT2D eigenvalue weighted by atomic mass is 10.1. The van der Waals surface area contributed by atoms with Gasteiger partial charge >= 0.3 is 0 Å². The van der Waals surface area contributed by atoms with Crippen molar-refractivity contribution in [2.75, 3.05) is 0 Å². The van der Waals surface area contributed by atoms with Crippen LogP contribution in [0.4, 0.5) is 0 Å². The molecule has 0 saturated carbocycles. The van der Waals surface area contributed by atoms with Crippen molar-refractivity contribution < 1.29 is 9.59 Å². The van der Waals surface area contributed by atoms with E-state index in [-0.39, 0.29) is 11.8 Å². The first kappa shape index (κ1) is 17.0. The molecule has 6 nitrogen and oxygen atoms in total. The van der Waals surface area contributed by atoms with E-state index in [0.717, 1.165) is 11.1 Å². The average molecular weight is 360 g/mol. The van der Waals surface area contributed by atoms with E-state index in [9.17, 15) is 9.59 Å². The van der Waals surface area contributed by atoms with Crippen LogP contribution in [0.5, 0.6) is 0 Å². The number of rotatable bonds is 5. The Morgan fingerprint density at radius 1 is 1.07 bits per heavy atom. The Morgan fingerprint density at radius 3 is 2.67 bits per heavy atom. The van der Waals surface area contributed by atoms with Crippen molar-refractivity contribution in [2.24, 2.45) is 0 Å². The third-order valence-electron chi connectivity index (χ3n) is 4.74. The second-order valence-corrected chi connectivity index (χ2v) is 6.56. The van der Waals surface area contributed by atoms with Crippen molar-refractivity contribution in [1.82, 2.24) is 19.8 Å². The monoisotopic (exact) mass is 360 g/mol. The second kappa shape index (κ2) is 7.45. The van der Waals surface area contributed by atoms with Gasteiger partial charge in [0.05, 0.1) is 6.54 Å². The summed E-state index contributed by atoms with van der Waals surface area (Å²) in [6.45, 7) is 1.22. The van der Waals surface area contributed by atoms with Gasteiger partial charge in [0.25, 0.3) is 5.91 Å². The van der Waals surface area contributed by atoms with E-state index in [1.807, 2.05) is 59.3 Å². The van der Waals surface area contributed by atoms with Crippen LogP contribution in [-0.2, 0) is 24.4 Å². The van der Waals surface area contributed by atoms with Crippen LogP contribution in [0, 0.1) is 0 Å². The molecular formula is C21H20N4O2. The number of fused-ring (bicyclic) bond motifs is 1. The fourth-order valence-corrected chi connectivity index (χ4v) is 3.34. The molecule has 0 aliphatic carbocycles. The maximum atomic E-state index is 13.0. The lowest BCUT2D eigenvalue weighted by Crippen LogP contribution is -2.54. The third kappa shape index (κ3) is 3.60. The second-order valence-electron chi connectivity index (χ2n) is 6.56. The molecule has 27 heavy (non-hydrogen) atoms. The summed E-state index contributed by atoms with van der Waals surface area (Å²) >= 11 is 0. The highest BCUT2D eigenvalue weighted by atomic mass is 16.2. The number of carbonyl (C=O) groups is 2. The predicted octanol–water partition coefficient (Wildman–Crippen LogP) is 2.22. The van der Waals surface area contributed by atoms with E-state index >= 15 is 0 Å². The molecule has 2 amide bonds. The average Bonchev–Trinajstić information content (AvgIpc) is 3.19. The van der Waals surface area contributed by atoms with Gasteiger partial charge in [0, 0.05) is 31.7 Å². The van der Waals surface area contributed by atoms with Gasteiger partial charge in [-0.3, -0.25) is 14.6 Å². The predicted molar refractivity (Wildman–Crippen MR) is 101 cm³/mol. The minimum Gasteiger partial charge on any atom is -0.350 e. The van der Waals surface area contributed by atoms with Crippen LogP contribution in [0.1, 0.15) is 21.6 Å². The van der Waals surface area contributed by atoms with Crippen molar-refractivity contribution >= 4 is 11.8 Å². The molecule has 0 saturated heterocycles. The number of benzene rings is 1. The van der Waals surface area contributed by atoms with Gasteiger partial charge < -0.3 is 14.8 Å². The van der Waals surface area contributed by atoms with Gasteiger partial charge in [0.15, 0.2) is 0 Å². The molecule has 2 aromatic heterocycles. The molecule has 4 rings (SSSR count). The van der Waals surface area contributed by atoms with Crippen LogP contribution in [0.2, 0.25) is 0 Å². The van der Waals surface area contributed by atoms with E-state index in [2.05, 4.69) is 10.3 Å². The molecule has 1 aromatic carbocycles. The first-order valence-electron chi connectivity index (χ1n) is 8.89. The van der Waals surface area contributed by atoms with Crippen molar-refractivity contribution in [3.8, 4) is 0 Å². The molecule has 0 spiro atoms. The Hall–Kier alpha value is -3.41. The highest BCUT2D eigenvalue weighted by molar-refractivity contribution is 5.97. The first-order chi connectivity index (χ1) is 13.2. The Kier molecular flexibility index (Phi) is 4.70. The molecule has 0 radical (unpaired) electrons. The van der Waals surface area contributed by atoms with Crippen LogP contribution >= 0.6 is 0 Å². The number of nitrogens with zero attached hydrogens (tertiary/aromatic N) is 3. The van der Waals surface area contributed by atoms with Crippen LogP contribution in [-0.4, -0.2) is 32.3 Å². The van der Waals surface area contributed by atoms with E-state index < -0.39 is 6.04 Å². The van der Waals surface area contributed by atoms with E-state index in [1.54, 1.807) is 23.4 Å². The molecule has 1 aliphatic rings. The summed E-state index contributed by atoms with van der Waals surface area (Å²) in [5.41, 5.74) is 2.52. The fraction of sp³-hybridized carbons (Fsp3) is 0.190. The molecule has 1 atom stereocenters. The summed E-state index contributed by atoms with van der Waals surface area (Å²) in [6.07, 6.45) is 5.25. The molecular weight excluding hydrogens is 340 g/mol. The fourth-order valence-electron chi connectivity index (χ4n) is 3.34. The number of hydrogen-bond acceptors (Lipinski definition) is 3. The molecule has 1 N–H and O–H groups in total. The first-order valence-corrected chi connectivity index (χ1v) is 8.89. The largest absolute Gasteiger partial charge is 0.350 e. The Morgan fingerprint density at radius 2 is 1.89 bits per heavy atom. The van der Waals surface area contributed by atoms with Gasteiger partial charge in [0.1, 0.15) is 11.7 Å². The van der Waals surface area contributed by atoms with Gasteiger partial charge in [0.2, 0.25) is 5.91 Å². The highest BCUT2D eigenvalue weighted by Gasteiger charge is 2.36. The third-order valence-corrected chi connectivity index (χ3v) is 4.74. The SMILES string of the molecule is O=C(NCc1ccccc1)C1Cn2cccc2C(=O)N1Cc1cccnc1. The van der Waals surface area contributed by atoms with E-state index in [1.165, 1.54) is 0 Å². The summed E-state index contributed by atoms with van der Waals surface area (Å²) in [7, 11) is 0. The summed E-state index contributed by atoms with van der Waals surface area (Å²) in [4.78, 5) is 31.6. The summed E-state index contributed by atoms with van der Waals surface area (Å²) in [6, 6.07) is 16.5. The van der Waals surface area contributed by atoms with Gasteiger partial charge in [-0.1, -0.05) is 36.4 Å². The van der Waals surface area contributed by atoms with Crippen molar-refractivity contribution in [2.45, 2.75) is 25.7 Å². The minimum absolute atomic E-state index is 0.144. The van der Waals surface area contributed by atoms with Crippen molar-refractivity contribution in [3.63, 3.8) is 0 Å². The number of carbonyl (C=O) groups excluding carboxylic acids is 2. The van der Waals surface area contributed by atoms with E-state index in [4.69, 9.17) is 0 Å². The lowest BCUT2D eigenvalue weighted by Gasteiger charge is -2.35. The maximum Gasteiger partial charge on any atom is 0.271 e. The maximum absolute atomic E-state index is 13.0. The zero-order valence-electron chi connectivity index (χ0n) is 14.8. The quantitative estimate of drug-likeness (QED) is 0.759. The summed E-state index contributed by atoms with van der Waals surface area (Å²) in [5, 5.41) is 2.97. The molecule has 0 fully saturated rings. The zero-order chi connectivity index (χ0) is 18.6. The smallest absolute Gasteiger partial charge is 0.271 e. The molecule has 1 unspecified atom stereocenters. The van der Waals surface area contributed by atoms with Crippen LogP contribution in [0.15, 0.2) is 73.2 Å². The van der Waals surface area contributed by atoms with Crippen molar-refractivity contribution in [3.05, 3.63) is 90.0 Å². The molecule has 6 heteroatoms. The number of amides is 2. The number of aromatic nitrogens is 2. The molecule has 3 heterocycles. The number of pyridine rings is 1. The molecule has 136 valence electrons. The van der Waals surface area contributed by atoms with Crippen LogP contribution < -0.4 is 5.32 Å². The molecule has 3 aromatic rings. The lowest BCUT2D eigenvalue weighted by molar-refractivity contribution is -0.126. The van der Waals surface area contributed by atoms with Crippen LogP contribution in [0.25, 0.3) is 0 Å². The Bertz CT molecular complexity index is 937. The van der Waals surface area contributed by atoms with Gasteiger partial charge in [-0.2, -0.15) is 0 Å². The Labute approximate surface area is 157 Å². The minimum atomic E-state index is -0.568. The molecule has 0 bridgehead atoms. The number of hydrogen-bond donors (Lipinski definition) is 1. The summed E-state index contributed by atoms with van der Waals surface area (Å²) in [5.74, 6) is -0.301. The number of nitrogens with one attached hydrogen (secondary N) is 1. The van der Waals surface area contributed by atoms with Crippen LogP contribution in [0.3, 0.4) is 0 Å². The highest BCUT2D eigenvalue weighted by Crippen LogP contribution is 2.21. The topological polar surface area (TPSA) is 67.2 Å². The van der Waals surface area contributed by atoms with Gasteiger partial charge in [-0.15, -0.1) is 0 Å².